The molecule has 1 rings (SSSR count). The second-order valence-electron chi connectivity index (χ2n) is 4.09. The summed E-state index contributed by atoms with van der Waals surface area (Å²) in [5, 5.41) is 0. The lowest BCUT2D eigenvalue weighted by Gasteiger charge is -2.19. The van der Waals surface area contributed by atoms with Crippen molar-refractivity contribution in [3.05, 3.63) is 36.5 Å². The number of anilines is 1. The molecule has 2 N–H and O–H groups in total. The average Bonchev–Trinajstić information content (AvgIpc) is 2.29. The average molecular weight is 219 g/mol. The van der Waals surface area contributed by atoms with Crippen LogP contribution in [0.1, 0.15) is 31.4 Å². The zero-order chi connectivity index (χ0) is 12.0. The highest BCUT2D eigenvalue weighted by molar-refractivity contribution is 5.40. The van der Waals surface area contributed by atoms with Gasteiger partial charge < -0.3 is 10.6 Å². The molecule has 0 aliphatic carbocycles. The van der Waals surface area contributed by atoms with Crippen LogP contribution in [0.5, 0.6) is 0 Å². The van der Waals surface area contributed by atoms with E-state index in [1.807, 2.05) is 25.3 Å². The maximum absolute atomic E-state index is 5.84. The van der Waals surface area contributed by atoms with Gasteiger partial charge in [0.15, 0.2) is 0 Å². The van der Waals surface area contributed by atoms with Gasteiger partial charge >= 0.3 is 0 Å². The van der Waals surface area contributed by atoms with Gasteiger partial charge in [0.2, 0.25) is 0 Å². The molecule has 0 fully saturated rings. The first-order chi connectivity index (χ1) is 7.65. The van der Waals surface area contributed by atoms with Gasteiger partial charge in [-0.05, 0) is 37.5 Å². The van der Waals surface area contributed by atoms with Crippen LogP contribution in [0.15, 0.2) is 31.0 Å². The van der Waals surface area contributed by atoms with Crippen LogP contribution < -0.4 is 10.6 Å². The van der Waals surface area contributed by atoms with Gasteiger partial charge in [0.25, 0.3) is 0 Å². The molecule has 1 aromatic heterocycles. The van der Waals surface area contributed by atoms with Crippen LogP contribution in [0.25, 0.3) is 0 Å². The topological polar surface area (TPSA) is 42.1 Å². The smallest absolute Gasteiger partial charge is 0.128 e. The third-order valence-corrected chi connectivity index (χ3v) is 2.59. The minimum absolute atomic E-state index is 0.0586. The number of rotatable bonds is 6. The number of hydrogen-bond donors (Lipinski definition) is 1. The molecule has 0 aliphatic rings. The highest BCUT2D eigenvalue weighted by Crippen LogP contribution is 2.15. The molecule has 0 aliphatic heterocycles. The van der Waals surface area contributed by atoms with E-state index in [0.717, 1.165) is 30.8 Å². The quantitative estimate of drug-likeness (QED) is 0.590. The van der Waals surface area contributed by atoms with E-state index in [-0.39, 0.29) is 6.04 Å². The van der Waals surface area contributed by atoms with Gasteiger partial charge in [-0.2, -0.15) is 0 Å². The maximum Gasteiger partial charge on any atom is 0.128 e. The molecule has 0 amide bonds. The van der Waals surface area contributed by atoms with Crippen molar-refractivity contribution < 1.29 is 0 Å². The summed E-state index contributed by atoms with van der Waals surface area (Å²) in [6.45, 7) is 6.69. The predicted octanol–water partition coefficient (Wildman–Crippen LogP) is 2.50. The van der Waals surface area contributed by atoms with E-state index in [9.17, 15) is 0 Å². The Labute approximate surface area is 98.0 Å². The largest absolute Gasteiger partial charge is 0.360 e. The third kappa shape index (κ3) is 3.66. The molecular formula is C13H21N3. The third-order valence-electron chi connectivity index (χ3n) is 2.59. The van der Waals surface area contributed by atoms with E-state index in [2.05, 4.69) is 29.6 Å². The Balaban J connectivity index is 2.64. The van der Waals surface area contributed by atoms with Crippen molar-refractivity contribution >= 4 is 5.82 Å². The summed E-state index contributed by atoms with van der Waals surface area (Å²) < 4.78 is 0. The fraction of sp³-hybridized carbons (Fsp3) is 0.462. The second kappa shape index (κ2) is 6.28. The van der Waals surface area contributed by atoms with Gasteiger partial charge in [0, 0.05) is 25.8 Å². The minimum atomic E-state index is 0.0586. The van der Waals surface area contributed by atoms with Crippen LogP contribution in [-0.2, 0) is 0 Å². The molecule has 88 valence electrons. The van der Waals surface area contributed by atoms with Crippen molar-refractivity contribution in [3.8, 4) is 0 Å². The molecular weight excluding hydrogens is 198 g/mol. The molecule has 0 saturated carbocycles. The molecule has 1 atom stereocenters. The summed E-state index contributed by atoms with van der Waals surface area (Å²) in [6.07, 6.45) is 5.90. The Hall–Kier alpha value is -1.35. The zero-order valence-corrected chi connectivity index (χ0v) is 10.2. The predicted molar refractivity (Wildman–Crippen MR) is 69.5 cm³/mol. The first kappa shape index (κ1) is 12.7. The number of pyridine rings is 1. The summed E-state index contributed by atoms with van der Waals surface area (Å²) in [5.74, 6) is 0.985. The van der Waals surface area contributed by atoms with E-state index < -0.39 is 0 Å². The summed E-state index contributed by atoms with van der Waals surface area (Å²) in [7, 11) is 2.05. The van der Waals surface area contributed by atoms with Crippen LogP contribution >= 0.6 is 0 Å². The van der Waals surface area contributed by atoms with E-state index in [0.29, 0.717) is 0 Å². The number of allylic oxidation sites excluding steroid dienone is 1. The van der Waals surface area contributed by atoms with Crippen LogP contribution in [0.3, 0.4) is 0 Å². The number of aromatic nitrogens is 1. The van der Waals surface area contributed by atoms with Crippen molar-refractivity contribution in [1.82, 2.24) is 4.98 Å². The van der Waals surface area contributed by atoms with Crippen molar-refractivity contribution in [2.45, 2.75) is 25.8 Å². The molecule has 1 heterocycles. The van der Waals surface area contributed by atoms with E-state index >= 15 is 0 Å². The lowest BCUT2D eigenvalue weighted by molar-refractivity contribution is 0.782. The highest BCUT2D eigenvalue weighted by Gasteiger charge is 2.05. The molecule has 0 radical (unpaired) electrons. The Bertz CT molecular complexity index is 334. The highest BCUT2D eigenvalue weighted by atomic mass is 15.2. The van der Waals surface area contributed by atoms with Crippen molar-refractivity contribution in [1.29, 1.82) is 0 Å². The molecule has 1 aromatic rings. The van der Waals surface area contributed by atoms with Gasteiger partial charge in [-0.3, -0.25) is 0 Å². The van der Waals surface area contributed by atoms with Gasteiger partial charge in [-0.1, -0.05) is 6.08 Å². The van der Waals surface area contributed by atoms with Crippen molar-refractivity contribution in [3.63, 3.8) is 0 Å². The van der Waals surface area contributed by atoms with Gasteiger partial charge in [0.05, 0.1) is 0 Å². The van der Waals surface area contributed by atoms with E-state index in [1.165, 1.54) is 0 Å². The molecule has 0 saturated heterocycles. The molecule has 16 heavy (non-hydrogen) atoms. The molecule has 3 heteroatoms. The molecule has 1 unspecified atom stereocenters. The number of unbranched alkanes of at least 4 members (excludes halogenated alkanes) is 1. The summed E-state index contributed by atoms with van der Waals surface area (Å²) >= 11 is 0. The van der Waals surface area contributed by atoms with Crippen LogP contribution in [0, 0.1) is 0 Å². The first-order valence-corrected chi connectivity index (χ1v) is 5.68. The fourth-order valence-corrected chi connectivity index (χ4v) is 1.51. The molecule has 0 bridgehead atoms. The summed E-state index contributed by atoms with van der Waals surface area (Å²) in [5.41, 5.74) is 6.97. The Morgan fingerprint density at radius 2 is 2.38 bits per heavy atom. The zero-order valence-electron chi connectivity index (χ0n) is 10.2. The van der Waals surface area contributed by atoms with E-state index in [1.54, 1.807) is 0 Å². The number of hydrogen-bond acceptors (Lipinski definition) is 3. The van der Waals surface area contributed by atoms with Crippen LogP contribution in [0.4, 0.5) is 5.82 Å². The SMILES string of the molecule is C=CCCCN(C)c1cc(C(C)N)ccn1. The maximum atomic E-state index is 5.84. The fourth-order valence-electron chi connectivity index (χ4n) is 1.51. The Morgan fingerprint density at radius 3 is 3.00 bits per heavy atom. The minimum Gasteiger partial charge on any atom is -0.360 e. The monoisotopic (exact) mass is 219 g/mol. The van der Waals surface area contributed by atoms with Crippen LogP contribution in [-0.4, -0.2) is 18.6 Å². The summed E-state index contributed by atoms with van der Waals surface area (Å²) in [6, 6.07) is 4.08. The van der Waals surface area contributed by atoms with Crippen molar-refractivity contribution in [2.75, 3.05) is 18.5 Å². The lowest BCUT2D eigenvalue weighted by Crippen LogP contribution is -2.20. The van der Waals surface area contributed by atoms with Gasteiger partial charge in [-0.15, -0.1) is 6.58 Å². The number of nitrogens with zero attached hydrogens (tertiary/aromatic N) is 2. The molecule has 3 nitrogen and oxygen atoms in total. The second-order valence-corrected chi connectivity index (χ2v) is 4.09. The van der Waals surface area contributed by atoms with Crippen molar-refractivity contribution in [2.24, 2.45) is 5.73 Å². The molecule has 0 aromatic carbocycles. The normalized spacial score (nSPS) is 12.2. The lowest BCUT2D eigenvalue weighted by atomic mass is 10.1. The molecule has 0 spiro atoms. The van der Waals surface area contributed by atoms with Gasteiger partial charge in [-0.25, -0.2) is 4.98 Å². The van der Waals surface area contributed by atoms with E-state index in [4.69, 9.17) is 5.73 Å². The summed E-state index contributed by atoms with van der Waals surface area (Å²) in [4.78, 5) is 6.49. The first-order valence-electron chi connectivity index (χ1n) is 5.68. The standard InChI is InChI=1S/C13H21N3/c1-4-5-6-9-16(3)13-10-12(11(2)14)7-8-15-13/h4,7-8,10-11H,1,5-6,9,14H2,2-3H3. The number of nitrogens with two attached hydrogens (primary N) is 1. The Kier molecular flexibility index (Phi) is 4.99. The van der Waals surface area contributed by atoms with Gasteiger partial charge in [0.1, 0.15) is 5.82 Å². The van der Waals surface area contributed by atoms with Crippen LogP contribution in [0.2, 0.25) is 0 Å². The Morgan fingerprint density at radius 1 is 1.62 bits per heavy atom.